The summed E-state index contributed by atoms with van der Waals surface area (Å²) in [7, 11) is 1.70. The molecular formula is C32H46N2O2. The Kier molecular flexibility index (Phi) is 12.4. The molecule has 1 aliphatic heterocycles. The van der Waals surface area contributed by atoms with Crippen LogP contribution in [0.2, 0.25) is 0 Å². The number of benzene rings is 1. The van der Waals surface area contributed by atoms with E-state index in [1.807, 2.05) is 6.07 Å². The number of rotatable bonds is 16. The number of aromatic amines is 1. The Labute approximate surface area is 218 Å². The van der Waals surface area contributed by atoms with E-state index in [1.165, 1.54) is 30.2 Å². The number of carbonyl (C=O) groups excluding carboxylic acids is 1. The van der Waals surface area contributed by atoms with Gasteiger partial charge in [0.2, 0.25) is 5.91 Å². The second kappa shape index (κ2) is 16.1. The van der Waals surface area contributed by atoms with Crippen molar-refractivity contribution in [1.82, 2.24) is 9.88 Å². The van der Waals surface area contributed by atoms with Crippen molar-refractivity contribution in [2.75, 3.05) is 13.7 Å². The minimum Gasteiger partial charge on any atom is -0.497 e. The third-order valence-corrected chi connectivity index (χ3v) is 7.17. The lowest BCUT2D eigenvalue weighted by molar-refractivity contribution is -0.132. The number of methoxy groups -OCH3 is 1. The molecule has 1 fully saturated rings. The number of nitrogens with one attached hydrogen (secondary N) is 1. The van der Waals surface area contributed by atoms with Gasteiger partial charge < -0.3 is 14.6 Å². The molecule has 2 heterocycles. The van der Waals surface area contributed by atoms with E-state index in [4.69, 9.17) is 4.74 Å². The molecule has 1 aromatic heterocycles. The first-order chi connectivity index (χ1) is 17.7. The Morgan fingerprint density at radius 1 is 1.03 bits per heavy atom. The molecule has 0 aliphatic carbocycles. The van der Waals surface area contributed by atoms with Gasteiger partial charge in [0.05, 0.1) is 7.11 Å². The van der Waals surface area contributed by atoms with Crippen LogP contribution in [0.1, 0.15) is 89.5 Å². The summed E-state index contributed by atoms with van der Waals surface area (Å²) in [5.41, 5.74) is 2.41. The van der Waals surface area contributed by atoms with E-state index in [9.17, 15) is 4.79 Å². The smallest absolute Gasteiger partial charge is 0.222 e. The van der Waals surface area contributed by atoms with Crippen molar-refractivity contribution >= 4 is 16.8 Å². The molecule has 0 saturated carbocycles. The third kappa shape index (κ3) is 9.04. The van der Waals surface area contributed by atoms with E-state index < -0.39 is 0 Å². The number of allylic oxidation sites excluding steroid dienone is 6. The van der Waals surface area contributed by atoms with Crippen molar-refractivity contribution in [2.45, 2.75) is 96.4 Å². The minimum atomic E-state index is 0.317. The molecule has 1 aromatic carbocycles. The maximum absolute atomic E-state index is 13.0. The molecule has 0 bridgehead atoms. The van der Waals surface area contributed by atoms with Crippen LogP contribution in [-0.4, -0.2) is 35.5 Å². The molecule has 0 spiro atoms. The van der Waals surface area contributed by atoms with Gasteiger partial charge in [0.15, 0.2) is 0 Å². The fourth-order valence-electron chi connectivity index (χ4n) is 5.12. The minimum absolute atomic E-state index is 0.317. The normalized spacial score (nSPS) is 16.4. The van der Waals surface area contributed by atoms with Crippen LogP contribution < -0.4 is 4.74 Å². The maximum Gasteiger partial charge on any atom is 0.222 e. The molecule has 1 amide bonds. The van der Waals surface area contributed by atoms with Gasteiger partial charge in [-0.25, -0.2) is 0 Å². The number of carbonyl (C=O) groups is 1. The molecule has 3 rings (SSSR count). The zero-order chi connectivity index (χ0) is 25.4. The molecular weight excluding hydrogens is 444 g/mol. The summed E-state index contributed by atoms with van der Waals surface area (Å²) < 4.78 is 5.41. The van der Waals surface area contributed by atoms with Gasteiger partial charge in [-0.2, -0.15) is 0 Å². The van der Waals surface area contributed by atoms with Gasteiger partial charge in [0.25, 0.3) is 0 Å². The number of amides is 1. The second-order valence-corrected chi connectivity index (χ2v) is 9.91. The molecule has 0 radical (unpaired) electrons. The first-order valence-corrected chi connectivity index (χ1v) is 14.1. The summed E-state index contributed by atoms with van der Waals surface area (Å²) in [4.78, 5) is 18.5. The van der Waals surface area contributed by atoms with Crippen molar-refractivity contribution in [2.24, 2.45) is 0 Å². The molecule has 4 heteroatoms. The lowest BCUT2D eigenvalue weighted by Gasteiger charge is -2.25. The topological polar surface area (TPSA) is 45.3 Å². The van der Waals surface area contributed by atoms with Gasteiger partial charge in [0, 0.05) is 36.1 Å². The van der Waals surface area contributed by atoms with E-state index in [2.05, 4.69) is 71.6 Å². The van der Waals surface area contributed by atoms with Crippen LogP contribution in [0, 0.1) is 0 Å². The van der Waals surface area contributed by atoms with Crippen LogP contribution in [0.5, 0.6) is 5.75 Å². The Balaban J connectivity index is 1.28. The van der Waals surface area contributed by atoms with Crippen molar-refractivity contribution in [3.8, 4) is 5.75 Å². The van der Waals surface area contributed by atoms with Gasteiger partial charge in [-0.3, -0.25) is 4.79 Å². The highest BCUT2D eigenvalue weighted by atomic mass is 16.5. The summed E-state index contributed by atoms with van der Waals surface area (Å²) in [5.74, 6) is 1.22. The lowest BCUT2D eigenvalue weighted by atomic mass is 10.0. The molecule has 1 aliphatic rings. The summed E-state index contributed by atoms with van der Waals surface area (Å²) >= 11 is 0. The molecule has 1 atom stereocenters. The number of ether oxygens (including phenoxy) is 1. The summed E-state index contributed by atoms with van der Waals surface area (Å²) in [6.07, 6.45) is 29.7. The SMILES string of the molecule is CC/C=C\C/C=C\C/C=C\CCCCCCCC(=O)N1CCCC1Cc1c[nH]c2ccc(OC)cc12. The molecule has 1 unspecified atom stereocenters. The predicted octanol–water partition coefficient (Wildman–Crippen LogP) is 8.30. The molecule has 4 nitrogen and oxygen atoms in total. The van der Waals surface area contributed by atoms with Crippen LogP contribution in [0.15, 0.2) is 60.9 Å². The summed E-state index contributed by atoms with van der Waals surface area (Å²) in [6.45, 7) is 3.07. The standard InChI is InChI=1S/C32H46N2O2/c1-3-4-5-6-7-8-9-10-11-12-13-14-15-16-17-20-32(35)34-23-18-19-28(34)24-27-26-33-31-22-21-29(36-2)25-30(27)31/h4-5,7-8,10-11,21-22,25-26,28,33H,3,6,9,12-20,23-24H2,1-2H3/b5-4-,8-7-,11-10-. The number of hydrogen-bond donors (Lipinski definition) is 1. The lowest BCUT2D eigenvalue weighted by Crippen LogP contribution is -2.36. The molecule has 36 heavy (non-hydrogen) atoms. The predicted molar refractivity (Wildman–Crippen MR) is 153 cm³/mol. The van der Waals surface area contributed by atoms with E-state index in [-0.39, 0.29) is 0 Å². The van der Waals surface area contributed by atoms with Gasteiger partial charge in [0.1, 0.15) is 5.75 Å². The highest BCUT2D eigenvalue weighted by Crippen LogP contribution is 2.28. The third-order valence-electron chi connectivity index (χ3n) is 7.17. The second-order valence-electron chi connectivity index (χ2n) is 9.91. The number of aromatic nitrogens is 1. The van der Waals surface area contributed by atoms with Gasteiger partial charge in [-0.15, -0.1) is 0 Å². The monoisotopic (exact) mass is 490 g/mol. The largest absolute Gasteiger partial charge is 0.497 e. The van der Waals surface area contributed by atoms with Crippen LogP contribution in [-0.2, 0) is 11.2 Å². The van der Waals surface area contributed by atoms with E-state index in [0.29, 0.717) is 18.4 Å². The Hall–Kier alpha value is -2.75. The molecule has 2 aromatic rings. The average molecular weight is 491 g/mol. The molecule has 1 N–H and O–H groups in total. The first-order valence-electron chi connectivity index (χ1n) is 14.1. The highest BCUT2D eigenvalue weighted by Gasteiger charge is 2.28. The van der Waals surface area contributed by atoms with E-state index >= 15 is 0 Å². The van der Waals surface area contributed by atoms with Crippen LogP contribution in [0.4, 0.5) is 0 Å². The van der Waals surface area contributed by atoms with Crippen molar-refractivity contribution < 1.29 is 9.53 Å². The number of hydrogen-bond acceptors (Lipinski definition) is 2. The summed E-state index contributed by atoms with van der Waals surface area (Å²) in [5, 5.41) is 1.21. The van der Waals surface area contributed by atoms with Crippen molar-refractivity contribution in [1.29, 1.82) is 0 Å². The number of fused-ring (bicyclic) bond motifs is 1. The van der Waals surface area contributed by atoms with Gasteiger partial charge >= 0.3 is 0 Å². The Bertz CT molecular complexity index is 1000. The van der Waals surface area contributed by atoms with E-state index in [1.54, 1.807) is 7.11 Å². The van der Waals surface area contributed by atoms with Gasteiger partial charge in [-0.1, -0.05) is 62.6 Å². The fourth-order valence-corrected chi connectivity index (χ4v) is 5.12. The molecule has 196 valence electrons. The zero-order valence-electron chi connectivity index (χ0n) is 22.5. The van der Waals surface area contributed by atoms with Crippen molar-refractivity contribution in [3.05, 3.63) is 66.4 Å². The molecule has 1 saturated heterocycles. The van der Waals surface area contributed by atoms with Crippen LogP contribution in [0.3, 0.4) is 0 Å². The number of nitrogens with zero attached hydrogens (tertiary/aromatic N) is 1. The van der Waals surface area contributed by atoms with Gasteiger partial charge in [-0.05, 0) is 81.5 Å². The van der Waals surface area contributed by atoms with Crippen LogP contribution >= 0.6 is 0 Å². The highest BCUT2D eigenvalue weighted by molar-refractivity contribution is 5.85. The number of likely N-dealkylation sites (tertiary alicyclic amines) is 1. The maximum atomic E-state index is 13.0. The average Bonchev–Trinajstić information content (AvgIpc) is 3.53. The zero-order valence-corrected chi connectivity index (χ0v) is 22.5. The Morgan fingerprint density at radius 3 is 2.58 bits per heavy atom. The summed E-state index contributed by atoms with van der Waals surface area (Å²) in [6, 6.07) is 6.47. The number of H-pyrrole nitrogens is 1. The number of unbranched alkanes of at least 4 members (excludes halogenated alkanes) is 5. The van der Waals surface area contributed by atoms with E-state index in [0.717, 1.165) is 75.6 Å². The van der Waals surface area contributed by atoms with Crippen molar-refractivity contribution in [3.63, 3.8) is 0 Å². The Morgan fingerprint density at radius 2 is 1.78 bits per heavy atom. The quantitative estimate of drug-likeness (QED) is 0.190. The first kappa shape index (κ1) is 27.8. The van der Waals surface area contributed by atoms with Crippen LogP contribution in [0.25, 0.3) is 10.9 Å². The fraction of sp³-hybridized carbons (Fsp3) is 0.531.